The number of nitriles is 1. The minimum absolute atomic E-state index is 0.269. The van der Waals surface area contributed by atoms with Gasteiger partial charge in [-0.3, -0.25) is 0 Å². The molecule has 1 aromatic carbocycles. The SMILES string of the molecule is Cc1c(CNc2ccc(OCC(O)CN(C)C)cc2)cc(C#N)n1C. The Balaban J connectivity index is 1.87. The number of anilines is 1. The number of ether oxygens (including phenoxy) is 1. The fourth-order valence-corrected chi connectivity index (χ4v) is 2.58. The molecule has 0 spiro atoms. The van der Waals surface area contributed by atoms with Crippen molar-refractivity contribution in [2.45, 2.75) is 19.6 Å². The minimum Gasteiger partial charge on any atom is -0.491 e. The summed E-state index contributed by atoms with van der Waals surface area (Å²) in [5, 5.41) is 22.2. The van der Waals surface area contributed by atoms with Crippen LogP contribution in [0.4, 0.5) is 5.69 Å². The van der Waals surface area contributed by atoms with Gasteiger partial charge in [-0.25, -0.2) is 0 Å². The molecule has 2 aromatic rings. The van der Waals surface area contributed by atoms with E-state index in [2.05, 4.69) is 11.4 Å². The van der Waals surface area contributed by atoms with E-state index in [1.54, 1.807) is 0 Å². The third kappa shape index (κ3) is 5.24. The lowest BCUT2D eigenvalue weighted by molar-refractivity contribution is 0.0831. The largest absolute Gasteiger partial charge is 0.491 e. The molecular weight excluding hydrogens is 316 g/mol. The zero-order valence-corrected chi connectivity index (χ0v) is 15.3. The molecule has 2 N–H and O–H groups in total. The van der Waals surface area contributed by atoms with Crippen molar-refractivity contribution in [3.8, 4) is 11.8 Å². The average Bonchev–Trinajstić information content (AvgIpc) is 2.86. The van der Waals surface area contributed by atoms with Gasteiger partial charge in [0.1, 0.15) is 30.2 Å². The van der Waals surface area contributed by atoms with E-state index in [-0.39, 0.29) is 6.61 Å². The average molecular weight is 342 g/mol. The van der Waals surface area contributed by atoms with Crippen LogP contribution in [-0.2, 0) is 13.6 Å². The molecule has 2 rings (SSSR count). The topological polar surface area (TPSA) is 73.4 Å². The zero-order chi connectivity index (χ0) is 18.4. The Morgan fingerprint density at radius 1 is 1.32 bits per heavy atom. The molecule has 1 aromatic heterocycles. The molecule has 0 aliphatic heterocycles. The van der Waals surface area contributed by atoms with Gasteiger partial charge in [0.05, 0.1) is 0 Å². The summed E-state index contributed by atoms with van der Waals surface area (Å²) in [5.74, 6) is 0.728. The van der Waals surface area contributed by atoms with Gasteiger partial charge in [-0.2, -0.15) is 5.26 Å². The van der Waals surface area contributed by atoms with Crippen LogP contribution >= 0.6 is 0 Å². The Kier molecular flexibility index (Phi) is 6.45. The molecule has 0 bridgehead atoms. The number of aliphatic hydroxyl groups excluding tert-OH is 1. The molecule has 1 atom stereocenters. The molecule has 0 amide bonds. The lowest BCUT2D eigenvalue weighted by Crippen LogP contribution is -2.30. The van der Waals surface area contributed by atoms with E-state index < -0.39 is 6.10 Å². The van der Waals surface area contributed by atoms with Crippen molar-refractivity contribution < 1.29 is 9.84 Å². The maximum absolute atomic E-state index is 9.81. The smallest absolute Gasteiger partial charge is 0.120 e. The highest BCUT2D eigenvalue weighted by Gasteiger charge is 2.09. The molecule has 0 aliphatic carbocycles. The minimum atomic E-state index is -0.511. The number of nitrogens with one attached hydrogen (secondary N) is 1. The monoisotopic (exact) mass is 342 g/mol. The predicted molar refractivity (Wildman–Crippen MR) is 98.7 cm³/mol. The van der Waals surface area contributed by atoms with Crippen LogP contribution in [0.5, 0.6) is 5.75 Å². The Bertz CT molecular complexity index is 729. The second-order valence-corrected chi connectivity index (χ2v) is 6.42. The molecule has 1 unspecified atom stereocenters. The highest BCUT2D eigenvalue weighted by atomic mass is 16.5. The fourth-order valence-electron chi connectivity index (χ4n) is 2.58. The molecule has 6 nitrogen and oxygen atoms in total. The molecule has 134 valence electrons. The number of likely N-dealkylation sites (N-methyl/N-ethyl adjacent to an activating group) is 1. The Labute approximate surface area is 149 Å². The lowest BCUT2D eigenvalue weighted by Gasteiger charge is -2.16. The van der Waals surface area contributed by atoms with Gasteiger partial charge < -0.3 is 24.6 Å². The molecule has 1 heterocycles. The first-order chi connectivity index (χ1) is 11.9. The maximum atomic E-state index is 9.81. The summed E-state index contributed by atoms with van der Waals surface area (Å²) in [6, 6.07) is 11.7. The van der Waals surface area contributed by atoms with Gasteiger partial charge in [-0.05, 0) is 56.9 Å². The zero-order valence-electron chi connectivity index (χ0n) is 15.3. The second kappa shape index (κ2) is 8.56. The number of nitrogens with zero attached hydrogens (tertiary/aromatic N) is 3. The Morgan fingerprint density at radius 2 is 2.00 bits per heavy atom. The van der Waals surface area contributed by atoms with Gasteiger partial charge in [0.25, 0.3) is 0 Å². The summed E-state index contributed by atoms with van der Waals surface area (Å²) >= 11 is 0. The summed E-state index contributed by atoms with van der Waals surface area (Å²) in [4.78, 5) is 1.92. The van der Waals surface area contributed by atoms with Crippen LogP contribution < -0.4 is 10.1 Å². The molecule has 0 saturated heterocycles. The first-order valence-corrected chi connectivity index (χ1v) is 8.25. The number of aromatic nitrogens is 1. The second-order valence-electron chi connectivity index (χ2n) is 6.42. The molecule has 25 heavy (non-hydrogen) atoms. The number of benzene rings is 1. The van der Waals surface area contributed by atoms with Crippen LogP contribution in [0, 0.1) is 18.3 Å². The summed E-state index contributed by atoms with van der Waals surface area (Å²) in [5.41, 5.74) is 3.82. The van der Waals surface area contributed by atoms with E-state index in [0.717, 1.165) is 22.7 Å². The Hall–Kier alpha value is -2.49. The van der Waals surface area contributed by atoms with E-state index in [9.17, 15) is 5.11 Å². The lowest BCUT2D eigenvalue weighted by atomic mass is 10.2. The van der Waals surface area contributed by atoms with Crippen LogP contribution in [0.1, 0.15) is 17.0 Å². The molecule has 0 saturated carbocycles. The van der Waals surface area contributed by atoms with E-state index in [4.69, 9.17) is 10.00 Å². The molecule has 6 heteroatoms. The highest BCUT2D eigenvalue weighted by Crippen LogP contribution is 2.19. The van der Waals surface area contributed by atoms with E-state index in [1.807, 2.05) is 67.9 Å². The molecule has 0 radical (unpaired) electrons. The van der Waals surface area contributed by atoms with Gasteiger partial charge in [0, 0.05) is 31.5 Å². The molecule has 0 fully saturated rings. The van der Waals surface area contributed by atoms with Crippen molar-refractivity contribution >= 4 is 5.69 Å². The molecular formula is C19H26N4O2. The van der Waals surface area contributed by atoms with E-state index >= 15 is 0 Å². The summed E-state index contributed by atoms with van der Waals surface area (Å²) < 4.78 is 7.49. The van der Waals surface area contributed by atoms with Crippen molar-refractivity contribution in [3.63, 3.8) is 0 Å². The number of rotatable bonds is 8. The van der Waals surface area contributed by atoms with Crippen LogP contribution in [0.2, 0.25) is 0 Å². The quantitative estimate of drug-likeness (QED) is 0.769. The van der Waals surface area contributed by atoms with Crippen molar-refractivity contribution in [1.29, 1.82) is 5.26 Å². The highest BCUT2D eigenvalue weighted by molar-refractivity contribution is 5.47. The Morgan fingerprint density at radius 3 is 2.56 bits per heavy atom. The van der Waals surface area contributed by atoms with Crippen LogP contribution in [0.3, 0.4) is 0 Å². The number of hydrogen-bond donors (Lipinski definition) is 2. The van der Waals surface area contributed by atoms with Gasteiger partial charge in [0.15, 0.2) is 0 Å². The maximum Gasteiger partial charge on any atom is 0.120 e. The van der Waals surface area contributed by atoms with E-state index in [1.165, 1.54) is 0 Å². The summed E-state index contributed by atoms with van der Waals surface area (Å²) in [7, 11) is 5.73. The first kappa shape index (κ1) is 18.8. The summed E-state index contributed by atoms with van der Waals surface area (Å²) in [6.07, 6.45) is -0.511. The van der Waals surface area contributed by atoms with Crippen molar-refractivity contribution in [1.82, 2.24) is 9.47 Å². The van der Waals surface area contributed by atoms with E-state index in [0.29, 0.717) is 18.8 Å². The third-order valence-electron chi connectivity index (χ3n) is 4.11. The van der Waals surface area contributed by atoms with Gasteiger partial charge in [-0.15, -0.1) is 0 Å². The summed E-state index contributed by atoms with van der Waals surface area (Å²) in [6.45, 7) is 3.50. The third-order valence-corrected chi connectivity index (χ3v) is 4.11. The number of hydrogen-bond acceptors (Lipinski definition) is 5. The first-order valence-electron chi connectivity index (χ1n) is 8.25. The fraction of sp³-hybridized carbons (Fsp3) is 0.421. The van der Waals surface area contributed by atoms with Crippen molar-refractivity contribution in [3.05, 3.63) is 47.3 Å². The normalized spacial score (nSPS) is 12.0. The van der Waals surface area contributed by atoms with Gasteiger partial charge in [-0.1, -0.05) is 0 Å². The van der Waals surface area contributed by atoms with Gasteiger partial charge >= 0.3 is 0 Å². The van der Waals surface area contributed by atoms with Crippen LogP contribution in [0.15, 0.2) is 30.3 Å². The standard InChI is InChI=1S/C19H26N4O2/c1-14-15(9-17(10-20)23(14)4)11-21-16-5-7-19(8-6-16)25-13-18(24)12-22(2)3/h5-9,18,21,24H,11-13H2,1-4H3. The van der Waals surface area contributed by atoms with Gasteiger partial charge in [0.2, 0.25) is 0 Å². The molecule has 0 aliphatic rings. The van der Waals surface area contributed by atoms with Crippen LogP contribution in [-0.4, -0.2) is 47.9 Å². The van der Waals surface area contributed by atoms with Crippen LogP contribution in [0.25, 0.3) is 0 Å². The predicted octanol–water partition coefficient (Wildman–Crippen LogP) is 2.12. The number of aliphatic hydroxyl groups is 1. The van der Waals surface area contributed by atoms with Crippen molar-refractivity contribution in [2.75, 3.05) is 32.6 Å². The van der Waals surface area contributed by atoms with Crippen molar-refractivity contribution in [2.24, 2.45) is 7.05 Å².